The first-order chi connectivity index (χ1) is 7.54. The van der Waals surface area contributed by atoms with Crippen LogP contribution in [-0.2, 0) is 10.1 Å². The van der Waals surface area contributed by atoms with Gasteiger partial charge >= 0.3 is 10.1 Å². The Morgan fingerprint density at radius 3 is 2.44 bits per heavy atom. The Labute approximate surface area is 97.0 Å². The second kappa shape index (κ2) is 4.18. The molecule has 1 heterocycles. The first-order valence-corrected chi connectivity index (χ1v) is 6.97. The van der Waals surface area contributed by atoms with Crippen LogP contribution < -0.4 is 4.18 Å². The van der Waals surface area contributed by atoms with Gasteiger partial charge in [0.15, 0.2) is 0 Å². The Kier molecular flexibility index (Phi) is 2.88. The van der Waals surface area contributed by atoms with Gasteiger partial charge in [0, 0.05) is 10.9 Å². The van der Waals surface area contributed by atoms with Crippen molar-refractivity contribution in [2.45, 2.75) is 0 Å². The number of hydrogen-bond acceptors (Lipinski definition) is 6. The van der Waals surface area contributed by atoms with Gasteiger partial charge < -0.3 is 4.18 Å². The molecule has 5 nitrogen and oxygen atoms in total. The molecule has 0 unspecified atom stereocenters. The molecule has 0 atom stereocenters. The van der Waals surface area contributed by atoms with Crippen LogP contribution in [-0.4, -0.2) is 24.3 Å². The van der Waals surface area contributed by atoms with Crippen LogP contribution >= 0.6 is 11.5 Å². The molecule has 0 spiro atoms. The van der Waals surface area contributed by atoms with Crippen molar-refractivity contribution in [1.82, 2.24) is 9.59 Å². The van der Waals surface area contributed by atoms with Crippen LogP contribution in [0.15, 0.2) is 29.6 Å². The van der Waals surface area contributed by atoms with E-state index in [0.29, 0.717) is 0 Å². The van der Waals surface area contributed by atoms with E-state index in [0.717, 1.165) is 17.5 Å². The van der Waals surface area contributed by atoms with Gasteiger partial charge in [0.05, 0.1) is 6.26 Å². The van der Waals surface area contributed by atoms with Crippen molar-refractivity contribution in [1.29, 1.82) is 0 Å². The standard InChI is InChI=1S/C9H8N2O3S2/c1-16(12,13)14-8-4-2-7(3-5-8)9-6-15-11-10-9/h2-6H,1H3. The Morgan fingerprint density at radius 1 is 1.25 bits per heavy atom. The third-order valence-corrected chi connectivity index (χ3v) is 2.76. The molecule has 2 rings (SSSR count). The van der Waals surface area contributed by atoms with E-state index >= 15 is 0 Å². The highest BCUT2D eigenvalue weighted by atomic mass is 32.2. The summed E-state index contributed by atoms with van der Waals surface area (Å²) in [7, 11) is -3.47. The molecule has 1 aromatic carbocycles. The van der Waals surface area contributed by atoms with Gasteiger partial charge in [-0.25, -0.2) is 0 Å². The molecule has 0 amide bonds. The largest absolute Gasteiger partial charge is 0.383 e. The lowest BCUT2D eigenvalue weighted by Gasteiger charge is -2.02. The molecule has 0 saturated carbocycles. The SMILES string of the molecule is CS(=O)(=O)Oc1ccc(-c2csnn2)cc1. The van der Waals surface area contributed by atoms with Gasteiger partial charge in [0.1, 0.15) is 11.4 Å². The van der Waals surface area contributed by atoms with Crippen molar-refractivity contribution >= 4 is 21.7 Å². The summed E-state index contributed by atoms with van der Waals surface area (Å²) < 4.78 is 30.2. The molecule has 0 bridgehead atoms. The highest BCUT2D eigenvalue weighted by molar-refractivity contribution is 7.86. The van der Waals surface area contributed by atoms with Crippen LogP contribution in [0.25, 0.3) is 11.3 Å². The van der Waals surface area contributed by atoms with Gasteiger partial charge in [-0.15, -0.1) is 5.10 Å². The van der Waals surface area contributed by atoms with Crippen LogP contribution in [0.3, 0.4) is 0 Å². The second-order valence-electron chi connectivity index (χ2n) is 3.10. The van der Waals surface area contributed by atoms with E-state index < -0.39 is 10.1 Å². The summed E-state index contributed by atoms with van der Waals surface area (Å²) in [5.74, 6) is 0.287. The highest BCUT2D eigenvalue weighted by Gasteiger charge is 2.05. The normalized spacial score (nSPS) is 11.3. The molecular weight excluding hydrogens is 248 g/mol. The fraction of sp³-hybridized carbons (Fsp3) is 0.111. The molecule has 16 heavy (non-hydrogen) atoms. The Balaban J connectivity index is 2.24. The summed E-state index contributed by atoms with van der Waals surface area (Å²) >= 11 is 1.26. The third kappa shape index (κ3) is 2.77. The molecule has 1 aromatic heterocycles. The monoisotopic (exact) mass is 256 g/mol. The Bertz CT molecular complexity index is 561. The predicted molar refractivity (Wildman–Crippen MR) is 60.8 cm³/mol. The Morgan fingerprint density at radius 2 is 1.94 bits per heavy atom. The summed E-state index contributed by atoms with van der Waals surface area (Å²) in [6, 6.07) is 6.62. The molecule has 0 radical (unpaired) electrons. The maximum Gasteiger partial charge on any atom is 0.306 e. The van der Waals surface area contributed by atoms with Crippen molar-refractivity contribution < 1.29 is 12.6 Å². The smallest absolute Gasteiger partial charge is 0.306 e. The number of benzene rings is 1. The van der Waals surface area contributed by atoms with Gasteiger partial charge in [-0.3, -0.25) is 0 Å². The number of aromatic nitrogens is 2. The molecule has 0 N–H and O–H groups in total. The van der Waals surface area contributed by atoms with Gasteiger partial charge in [0.2, 0.25) is 0 Å². The van der Waals surface area contributed by atoms with Gasteiger partial charge in [-0.05, 0) is 35.8 Å². The first-order valence-electron chi connectivity index (χ1n) is 4.31. The van der Waals surface area contributed by atoms with E-state index in [9.17, 15) is 8.42 Å². The quantitative estimate of drug-likeness (QED) is 0.779. The van der Waals surface area contributed by atoms with E-state index in [1.807, 2.05) is 5.38 Å². The van der Waals surface area contributed by atoms with Crippen molar-refractivity contribution in [3.8, 4) is 17.0 Å². The lowest BCUT2D eigenvalue weighted by atomic mass is 10.2. The molecule has 0 aliphatic heterocycles. The molecule has 0 saturated heterocycles. The zero-order chi connectivity index (χ0) is 11.6. The predicted octanol–water partition coefficient (Wildman–Crippen LogP) is 1.54. The summed E-state index contributed by atoms with van der Waals surface area (Å²) in [5.41, 5.74) is 1.63. The van der Waals surface area contributed by atoms with E-state index in [-0.39, 0.29) is 5.75 Å². The zero-order valence-electron chi connectivity index (χ0n) is 8.32. The molecule has 0 aliphatic rings. The fourth-order valence-corrected chi connectivity index (χ4v) is 2.07. The van der Waals surface area contributed by atoms with Gasteiger partial charge in [-0.2, -0.15) is 8.42 Å². The van der Waals surface area contributed by atoms with Crippen molar-refractivity contribution in [2.75, 3.05) is 6.26 Å². The molecule has 0 fully saturated rings. The number of hydrogen-bond donors (Lipinski definition) is 0. The van der Waals surface area contributed by atoms with Crippen molar-refractivity contribution in [3.63, 3.8) is 0 Å². The molecule has 2 aromatic rings. The molecule has 84 valence electrons. The fourth-order valence-electron chi connectivity index (χ4n) is 1.15. The number of rotatable bonds is 3. The van der Waals surface area contributed by atoms with Crippen molar-refractivity contribution in [2.24, 2.45) is 0 Å². The van der Waals surface area contributed by atoms with Crippen molar-refractivity contribution in [3.05, 3.63) is 29.6 Å². The summed E-state index contributed by atoms with van der Waals surface area (Å²) in [5, 5.41) is 5.71. The van der Waals surface area contributed by atoms with E-state index in [1.165, 1.54) is 11.5 Å². The van der Waals surface area contributed by atoms with Crippen LogP contribution in [0.5, 0.6) is 5.75 Å². The van der Waals surface area contributed by atoms with Crippen LogP contribution in [0.4, 0.5) is 0 Å². The average molecular weight is 256 g/mol. The topological polar surface area (TPSA) is 69.2 Å². The third-order valence-electron chi connectivity index (χ3n) is 1.76. The first kappa shape index (κ1) is 11.0. The minimum Gasteiger partial charge on any atom is -0.383 e. The lowest BCUT2D eigenvalue weighted by Crippen LogP contribution is -2.05. The van der Waals surface area contributed by atoms with E-state index in [4.69, 9.17) is 4.18 Å². The summed E-state index contributed by atoms with van der Waals surface area (Å²) in [6.07, 6.45) is 1.01. The van der Waals surface area contributed by atoms with E-state index in [2.05, 4.69) is 9.59 Å². The number of nitrogens with zero attached hydrogens (tertiary/aromatic N) is 2. The average Bonchev–Trinajstić information content (AvgIpc) is 2.69. The van der Waals surface area contributed by atoms with Crippen LogP contribution in [0, 0.1) is 0 Å². The molecule has 7 heteroatoms. The summed E-state index contributed by atoms with van der Waals surface area (Å²) in [6.45, 7) is 0. The van der Waals surface area contributed by atoms with Crippen LogP contribution in [0.2, 0.25) is 0 Å². The summed E-state index contributed by atoms with van der Waals surface area (Å²) in [4.78, 5) is 0. The van der Waals surface area contributed by atoms with Gasteiger partial charge in [-0.1, -0.05) is 4.49 Å². The zero-order valence-corrected chi connectivity index (χ0v) is 9.96. The molecule has 0 aliphatic carbocycles. The minimum atomic E-state index is -3.47. The van der Waals surface area contributed by atoms with E-state index in [1.54, 1.807) is 24.3 Å². The molecular formula is C9H8N2O3S2. The maximum atomic E-state index is 10.9. The van der Waals surface area contributed by atoms with Crippen LogP contribution in [0.1, 0.15) is 0 Å². The maximum absolute atomic E-state index is 10.9. The van der Waals surface area contributed by atoms with Gasteiger partial charge in [0.25, 0.3) is 0 Å². The highest BCUT2D eigenvalue weighted by Crippen LogP contribution is 2.21. The second-order valence-corrected chi connectivity index (χ2v) is 5.29. The Hall–Kier alpha value is -1.47. The lowest BCUT2D eigenvalue weighted by molar-refractivity contribution is 0.493. The minimum absolute atomic E-state index is 0.287.